The Kier molecular flexibility index (Phi) is 4.09. The van der Waals surface area contributed by atoms with Gasteiger partial charge in [-0.25, -0.2) is 0 Å². The minimum absolute atomic E-state index is 0.517. The molecule has 4 heteroatoms. The molecule has 21 heavy (non-hydrogen) atoms. The second-order valence-corrected chi connectivity index (χ2v) is 6.48. The number of methoxy groups -OCH3 is 2. The SMILES string of the molecule is COc1cc2c(cc1OC)CN(CC1(CCN)CC1)CC2. The van der Waals surface area contributed by atoms with E-state index in [0.717, 1.165) is 37.6 Å². The lowest BCUT2D eigenvalue weighted by Gasteiger charge is -2.32. The van der Waals surface area contributed by atoms with Gasteiger partial charge in [0.05, 0.1) is 14.2 Å². The molecule has 0 aromatic heterocycles. The van der Waals surface area contributed by atoms with Crippen LogP contribution in [0.25, 0.3) is 0 Å². The average Bonchev–Trinajstić information content (AvgIpc) is 3.25. The molecule has 116 valence electrons. The van der Waals surface area contributed by atoms with Crippen LogP contribution >= 0.6 is 0 Å². The van der Waals surface area contributed by atoms with Gasteiger partial charge >= 0.3 is 0 Å². The molecule has 0 spiro atoms. The third-order valence-corrected chi connectivity index (χ3v) is 4.99. The van der Waals surface area contributed by atoms with Crippen LogP contribution in [0.3, 0.4) is 0 Å². The van der Waals surface area contributed by atoms with E-state index in [9.17, 15) is 0 Å². The third kappa shape index (κ3) is 3.01. The number of rotatable bonds is 6. The van der Waals surface area contributed by atoms with Crippen LogP contribution in [0.2, 0.25) is 0 Å². The first-order valence-electron chi connectivity index (χ1n) is 7.86. The number of nitrogens with two attached hydrogens (primary N) is 1. The highest BCUT2D eigenvalue weighted by atomic mass is 16.5. The highest BCUT2D eigenvalue weighted by molar-refractivity contribution is 5.48. The summed E-state index contributed by atoms with van der Waals surface area (Å²) in [5.74, 6) is 1.67. The molecule has 1 heterocycles. The molecule has 1 aromatic rings. The van der Waals surface area contributed by atoms with Crippen molar-refractivity contribution in [2.45, 2.75) is 32.2 Å². The van der Waals surface area contributed by atoms with Crippen LogP contribution < -0.4 is 15.2 Å². The van der Waals surface area contributed by atoms with Crippen LogP contribution in [-0.4, -0.2) is 38.8 Å². The normalized spacial score (nSPS) is 20.0. The highest BCUT2D eigenvalue weighted by Gasteiger charge is 2.43. The second kappa shape index (κ2) is 5.85. The first-order valence-corrected chi connectivity index (χ1v) is 7.86. The number of hydrogen-bond donors (Lipinski definition) is 1. The Bertz CT molecular complexity index is 512. The molecule has 2 N–H and O–H groups in total. The summed E-state index contributed by atoms with van der Waals surface area (Å²) in [7, 11) is 3.40. The van der Waals surface area contributed by atoms with Gasteiger partial charge in [0.15, 0.2) is 11.5 Å². The van der Waals surface area contributed by atoms with Crippen LogP contribution in [0.5, 0.6) is 11.5 Å². The van der Waals surface area contributed by atoms with Crippen molar-refractivity contribution in [1.82, 2.24) is 4.90 Å². The van der Waals surface area contributed by atoms with E-state index < -0.39 is 0 Å². The summed E-state index contributed by atoms with van der Waals surface area (Å²) in [4.78, 5) is 2.58. The number of ether oxygens (including phenoxy) is 2. The predicted octanol–water partition coefficient (Wildman–Crippen LogP) is 2.19. The lowest BCUT2D eigenvalue weighted by atomic mass is 9.96. The van der Waals surface area contributed by atoms with Crippen LogP contribution in [0.1, 0.15) is 30.4 Å². The van der Waals surface area contributed by atoms with Crippen molar-refractivity contribution in [1.29, 1.82) is 0 Å². The van der Waals surface area contributed by atoms with Gasteiger partial charge in [-0.05, 0) is 60.9 Å². The van der Waals surface area contributed by atoms with Crippen LogP contribution in [0.4, 0.5) is 0 Å². The van der Waals surface area contributed by atoms with Crippen LogP contribution in [-0.2, 0) is 13.0 Å². The fourth-order valence-electron chi connectivity index (χ4n) is 3.52. The molecular formula is C17H26N2O2. The topological polar surface area (TPSA) is 47.7 Å². The van der Waals surface area contributed by atoms with E-state index in [1.54, 1.807) is 14.2 Å². The van der Waals surface area contributed by atoms with E-state index in [1.807, 2.05) is 0 Å². The Morgan fingerprint density at radius 2 is 1.81 bits per heavy atom. The van der Waals surface area contributed by atoms with Gasteiger partial charge in [-0.2, -0.15) is 0 Å². The lowest BCUT2D eigenvalue weighted by Crippen LogP contribution is -2.36. The van der Waals surface area contributed by atoms with E-state index in [-0.39, 0.29) is 0 Å². The fourth-order valence-corrected chi connectivity index (χ4v) is 3.52. The minimum atomic E-state index is 0.517. The molecule has 0 unspecified atom stereocenters. The largest absolute Gasteiger partial charge is 0.493 e. The number of nitrogens with zero attached hydrogens (tertiary/aromatic N) is 1. The average molecular weight is 290 g/mol. The molecule has 3 rings (SSSR count). The van der Waals surface area contributed by atoms with E-state index in [0.29, 0.717) is 5.41 Å². The molecule has 0 amide bonds. The van der Waals surface area contributed by atoms with Crippen molar-refractivity contribution in [3.8, 4) is 11.5 Å². The van der Waals surface area contributed by atoms with Gasteiger partial charge in [-0.3, -0.25) is 4.90 Å². The molecule has 0 bridgehead atoms. The fraction of sp³-hybridized carbons (Fsp3) is 0.647. The number of hydrogen-bond acceptors (Lipinski definition) is 4. The Labute approximate surface area is 127 Å². The smallest absolute Gasteiger partial charge is 0.161 e. The summed E-state index contributed by atoms with van der Waals surface area (Å²) >= 11 is 0. The first-order chi connectivity index (χ1) is 10.2. The number of benzene rings is 1. The molecule has 0 saturated heterocycles. The predicted molar refractivity (Wildman–Crippen MR) is 83.9 cm³/mol. The van der Waals surface area contributed by atoms with Crippen LogP contribution in [0.15, 0.2) is 12.1 Å². The van der Waals surface area contributed by atoms with Gasteiger partial charge in [-0.1, -0.05) is 0 Å². The molecule has 4 nitrogen and oxygen atoms in total. The van der Waals surface area contributed by atoms with Crippen molar-refractivity contribution in [3.05, 3.63) is 23.3 Å². The van der Waals surface area contributed by atoms with Gasteiger partial charge < -0.3 is 15.2 Å². The van der Waals surface area contributed by atoms with Gasteiger partial charge in [0, 0.05) is 19.6 Å². The van der Waals surface area contributed by atoms with E-state index in [1.165, 1.54) is 36.9 Å². The molecule has 1 saturated carbocycles. The summed E-state index contributed by atoms with van der Waals surface area (Å²) in [6.07, 6.45) is 4.95. The molecule has 1 aliphatic heterocycles. The molecule has 1 aromatic carbocycles. The Hall–Kier alpha value is -1.26. The molecule has 1 fully saturated rings. The van der Waals surface area contributed by atoms with Crippen molar-refractivity contribution >= 4 is 0 Å². The maximum absolute atomic E-state index is 5.76. The van der Waals surface area contributed by atoms with E-state index in [4.69, 9.17) is 15.2 Å². The Balaban J connectivity index is 1.73. The molecule has 0 atom stereocenters. The number of fused-ring (bicyclic) bond motifs is 1. The summed E-state index contributed by atoms with van der Waals surface area (Å²) in [6, 6.07) is 4.28. The summed E-state index contributed by atoms with van der Waals surface area (Å²) in [6.45, 7) is 4.16. The van der Waals surface area contributed by atoms with Crippen molar-refractivity contribution in [3.63, 3.8) is 0 Å². The Morgan fingerprint density at radius 1 is 1.14 bits per heavy atom. The molecule has 1 aliphatic carbocycles. The van der Waals surface area contributed by atoms with E-state index >= 15 is 0 Å². The zero-order valence-corrected chi connectivity index (χ0v) is 13.2. The summed E-state index contributed by atoms with van der Waals surface area (Å²) in [5, 5.41) is 0. The van der Waals surface area contributed by atoms with Gasteiger partial charge in [-0.15, -0.1) is 0 Å². The van der Waals surface area contributed by atoms with Crippen LogP contribution in [0, 0.1) is 5.41 Å². The molecule has 2 aliphatic rings. The van der Waals surface area contributed by atoms with Gasteiger partial charge in [0.25, 0.3) is 0 Å². The Morgan fingerprint density at radius 3 is 2.38 bits per heavy atom. The lowest BCUT2D eigenvalue weighted by molar-refractivity contribution is 0.197. The van der Waals surface area contributed by atoms with E-state index in [2.05, 4.69) is 17.0 Å². The summed E-state index contributed by atoms with van der Waals surface area (Å²) in [5.41, 5.74) is 9.05. The quantitative estimate of drug-likeness (QED) is 0.872. The van der Waals surface area contributed by atoms with Crippen molar-refractivity contribution in [2.75, 3.05) is 33.9 Å². The maximum atomic E-state index is 5.76. The standard InChI is InChI=1S/C17H26N2O2/c1-20-15-9-13-3-8-19(11-14(13)10-16(15)21-2)12-17(4-5-17)6-7-18/h9-10H,3-8,11-12,18H2,1-2H3. The van der Waals surface area contributed by atoms with Crippen molar-refractivity contribution in [2.24, 2.45) is 11.1 Å². The zero-order valence-electron chi connectivity index (χ0n) is 13.2. The molecular weight excluding hydrogens is 264 g/mol. The highest BCUT2D eigenvalue weighted by Crippen LogP contribution is 2.49. The third-order valence-electron chi connectivity index (χ3n) is 4.99. The monoisotopic (exact) mass is 290 g/mol. The van der Waals surface area contributed by atoms with Gasteiger partial charge in [0.2, 0.25) is 0 Å². The summed E-state index contributed by atoms with van der Waals surface area (Å²) < 4.78 is 10.8. The zero-order chi connectivity index (χ0) is 14.9. The van der Waals surface area contributed by atoms with Crippen molar-refractivity contribution < 1.29 is 9.47 Å². The second-order valence-electron chi connectivity index (χ2n) is 6.48. The molecule has 0 radical (unpaired) electrons. The minimum Gasteiger partial charge on any atom is -0.493 e. The van der Waals surface area contributed by atoms with Gasteiger partial charge in [0.1, 0.15) is 0 Å². The maximum Gasteiger partial charge on any atom is 0.161 e. The first kappa shape index (κ1) is 14.7.